The van der Waals surface area contributed by atoms with E-state index in [-0.39, 0.29) is 0 Å². The molecule has 2 aromatic carbocycles. The molecule has 0 aliphatic rings. The first-order valence-electron chi connectivity index (χ1n) is 7.20. The third-order valence-electron chi connectivity index (χ3n) is 3.16. The first-order valence-corrected chi connectivity index (χ1v) is 7.56. The Bertz CT molecular complexity index is 697. The normalized spacial score (nSPS) is 10.2. The fourth-order valence-electron chi connectivity index (χ4n) is 2.03. The smallest absolute Gasteiger partial charge is 0.341 e. The molecule has 0 unspecified atom stereocenters. The van der Waals surface area contributed by atoms with Crippen molar-refractivity contribution in [1.29, 1.82) is 0 Å². The van der Waals surface area contributed by atoms with Crippen LogP contribution in [0.15, 0.2) is 49.0 Å². The second-order valence-electron chi connectivity index (χ2n) is 5.02. The molecule has 1 N–H and O–H groups in total. The van der Waals surface area contributed by atoms with Gasteiger partial charge in [0.2, 0.25) is 0 Å². The summed E-state index contributed by atoms with van der Waals surface area (Å²) in [6.45, 7) is 4.07. The summed E-state index contributed by atoms with van der Waals surface area (Å²) >= 11 is 3.76. The minimum atomic E-state index is -1.05. The average Bonchev–Trinajstić information content (AvgIpc) is 2.60. The van der Waals surface area contributed by atoms with Crippen LogP contribution in [0, 0.1) is 0 Å². The van der Waals surface area contributed by atoms with Crippen LogP contribution in [-0.2, 0) is 22.7 Å². The molecule has 5 nitrogen and oxygen atoms in total. The van der Waals surface area contributed by atoms with E-state index in [1.165, 1.54) is 0 Å². The summed E-state index contributed by atoms with van der Waals surface area (Å²) in [4.78, 5) is 10.6. The molecule has 0 amide bonds. The molecule has 0 aliphatic heterocycles. The summed E-state index contributed by atoms with van der Waals surface area (Å²) in [5, 5.41) is 8.67. The summed E-state index contributed by atoms with van der Waals surface area (Å²) < 4.78 is 15.7. The second-order valence-corrected chi connectivity index (χ2v) is 5.21. The van der Waals surface area contributed by atoms with Gasteiger partial charge in [-0.15, -0.1) is 0 Å². The number of hydrogen-bond acceptors (Lipinski definition) is 5. The lowest BCUT2D eigenvalue weighted by molar-refractivity contribution is -0.139. The number of hydrogen-bond donors (Lipinski definition) is 2. The Hall–Kier alpha value is -2.44. The molecule has 126 valence electrons. The van der Waals surface area contributed by atoms with Crippen molar-refractivity contribution < 1.29 is 23.6 Å². The van der Waals surface area contributed by atoms with Crippen molar-refractivity contribution in [2.45, 2.75) is 13.2 Å². The van der Waals surface area contributed by atoms with Crippen molar-refractivity contribution in [3.05, 3.63) is 65.7 Å². The monoisotopic (exact) mass is 346 g/mol. The van der Waals surface area contributed by atoms with Gasteiger partial charge >= 0.3 is 5.97 Å². The number of carboxylic acid groups (broad SMARTS) is 1. The van der Waals surface area contributed by atoms with Gasteiger partial charge in [-0.3, -0.25) is 0 Å². The molecule has 0 heterocycles. The molecule has 2 rings (SSSR count). The molecular formula is C18H18O5S. The second kappa shape index (κ2) is 9.00. The summed E-state index contributed by atoms with van der Waals surface area (Å²) in [7, 11) is 0. The van der Waals surface area contributed by atoms with Gasteiger partial charge in [0.25, 0.3) is 0 Å². The highest BCUT2D eigenvalue weighted by molar-refractivity contribution is 7.75. The lowest BCUT2D eigenvalue weighted by Gasteiger charge is -2.10. The van der Waals surface area contributed by atoms with E-state index >= 15 is 0 Å². The molecule has 0 aliphatic carbocycles. The van der Waals surface area contributed by atoms with Crippen molar-refractivity contribution in [2.75, 3.05) is 6.61 Å². The number of carbonyl (C=O) groups is 1. The van der Waals surface area contributed by atoms with Gasteiger partial charge in [-0.1, -0.05) is 36.9 Å². The highest BCUT2D eigenvalue weighted by Crippen LogP contribution is 2.24. The van der Waals surface area contributed by atoms with Crippen LogP contribution in [0.5, 0.6) is 11.5 Å². The van der Waals surface area contributed by atoms with E-state index in [1.54, 1.807) is 24.3 Å². The summed E-state index contributed by atoms with van der Waals surface area (Å²) in [6.07, 6.45) is 1.78. The van der Waals surface area contributed by atoms with Gasteiger partial charge in [0.05, 0.1) is 13.2 Å². The molecule has 0 saturated heterocycles. The predicted octanol–water partition coefficient (Wildman–Crippen LogP) is 3.73. The first-order chi connectivity index (χ1) is 11.6. The fraction of sp³-hybridized carbons (Fsp3) is 0.167. The molecule has 0 fully saturated rings. The zero-order valence-corrected chi connectivity index (χ0v) is 13.9. The Morgan fingerprint density at radius 3 is 2.38 bits per heavy atom. The number of thiol groups is 1. The maximum atomic E-state index is 10.6. The van der Waals surface area contributed by atoms with Crippen molar-refractivity contribution >= 4 is 25.0 Å². The minimum absolute atomic E-state index is 0.331. The van der Waals surface area contributed by atoms with Crippen LogP contribution < -0.4 is 8.92 Å². The Labute approximate surface area is 146 Å². The number of ether oxygens (including phenoxy) is 2. The van der Waals surface area contributed by atoms with Crippen LogP contribution in [0.25, 0.3) is 6.08 Å². The van der Waals surface area contributed by atoms with Crippen LogP contribution in [0.1, 0.15) is 16.7 Å². The van der Waals surface area contributed by atoms with Crippen molar-refractivity contribution in [3.63, 3.8) is 0 Å². The molecule has 0 bridgehead atoms. The van der Waals surface area contributed by atoms with Gasteiger partial charge in [-0.25, -0.2) is 4.79 Å². The standard InChI is InChI=1S/C18H18O5S/c1-2-13-3-5-14(6-4-13)10-21-11-15-7-16(22-12-18(19)20)9-17(8-15)23-24/h2-9,24H,1,10-12H2,(H,19,20). The third-order valence-corrected chi connectivity index (χ3v) is 3.37. The number of carboxylic acids is 1. The number of aliphatic carboxylic acids is 1. The molecule has 2 aromatic rings. The molecule has 0 radical (unpaired) electrons. The molecular weight excluding hydrogens is 328 g/mol. The van der Waals surface area contributed by atoms with Crippen LogP contribution in [0.4, 0.5) is 0 Å². The molecule has 0 aromatic heterocycles. The van der Waals surface area contributed by atoms with Crippen molar-refractivity contribution in [1.82, 2.24) is 0 Å². The number of rotatable bonds is 9. The van der Waals surface area contributed by atoms with E-state index in [1.807, 2.05) is 24.3 Å². The van der Waals surface area contributed by atoms with Crippen molar-refractivity contribution in [2.24, 2.45) is 0 Å². The van der Waals surface area contributed by atoms with Gasteiger partial charge in [-0.05, 0) is 28.8 Å². The van der Waals surface area contributed by atoms with Crippen LogP contribution in [0.2, 0.25) is 0 Å². The van der Waals surface area contributed by atoms with E-state index in [0.717, 1.165) is 16.7 Å². The predicted molar refractivity (Wildman–Crippen MR) is 94.2 cm³/mol. The fourth-order valence-corrected chi connectivity index (χ4v) is 2.14. The summed E-state index contributed by atoms with van der Waals surface area (Å²) in [5.74, 6) is -0.207. The quantitative estimate of drug-likeness (QED) is 0.535. The third kappa shape index (κ3) is 5.64. The Morgan fingerprint density at radius 2 is 1.75 bits per heavy atom. The van der Waals surface area contributed by atoms with E-state index in [0.29, 0.717) is 24.7 Å². The number of benzene rings is 2. The van der Waals surface area contributed by atoms with E-state index in [4.69, 9.17) is 18.8 Å². The zero-order valence-electron chi connectivity index (χ0n) is 13.0. The largest absolute Gasteiger partial charge is 0.482 e. The van der Waals surface area contributed by atoms with Gasteiger partial charge in [0.15, 0.2) is 6.61 Å². The Morgan fingerprint density at radius 1 is 1.08 bits per heavy atom. The van der Waals surface area contributed by atoms with Gasteiger partial charge in [0, 0.05) is 19.0 Å². The molecule has 6 heteroatoms. The van der Waals surface area contributed by atoms with Crippen LogP contribution >= 0.6 is 12.9 Å². The van der Waals surface area contributed by atoms with Gasteiger partial charge in [0.1, 0.15) is 11.5 Å². The van der Waals surface area contributed by atoms with E-state index < -0.39 is 12.6 Å². The summed E-state index contributed by atoms with van der Waals surface area (Å²) in [6, 6.07) is 12.9. The molecule has 24 heavy (non-hydrogen) atoms. The van der Waals surface area contributed by atoms with Crippen LogP contribution in [0.3, 0.4) is 0 Å². The Balaban J connectivity index is 1.95. The highest BCUT2D eigenvalue weighted by atomic mass is 32.1. The topological polar surface area (TPSA) is 65.0 Å². The van der Waals surface area contributed by atoms with Gasteiger partial charge in [-0.2, -0.15) is 0 Å². The van der Waals surface area contributed by atoms with Gasteiger partial charge < -0.3 is 18.8 Å². The molecule has 0 saturated carbocycles. The van der Waals surface area contributed by atoms with E-state index in [2.05, 4.69) is 19.5 Å². The van der Waals surface area contributed by atoms with E-state index in [9.17, 15) is 4.79 Å². The van der Waals surface area contributed by atoms with Crippen molar-refractivity contribution in [3.8, 4) is 11.5 Å². The Kier molecular flexibility index (Phi) is 6.72. The lowest BCUT2D eigenvalue weighted by Crippen LogP contribution is -2.09. The lowest BCUT2D eigenvalue weighted by atomic mass is 10.1. The molecule has 0 spiro atoms. The van der Waals surface area contributed by atoms with Crippen LogP contribution in [-0.4, -0.2) is 17.7 Å². The zero-order chi connectivity index (χ0) is 17.4. The highest BCUT2D eigenvalue weighted by Gasteiger charge is 2.06. The molecule has 0 atom stereocenters. The first kappa shape index (κ1) is 17.9. The average molecular weight is 346 g/mol. The maximum Gasteiger partial charge on any atom is 0.341 e. The summed E-state index contributed by atoms with van der Waals surface area (Å²) in [5.41, 5.74) is 2.90. The SMILES string of the molecule is C=Cc1ccc(COCc2cc(OS)cc(OCC(=O)O)c2)cc1. The minimum Gasteiger partial charge on any atom is -0.482 e. The maximum absolute atomic E-state index is 10.6.